The van der Waals surface area contributed by atoms with Gasteiger partial charge in [-0.15, -0.1) is 0 Å². The average Bonchev–Trinajstić information content (AvgIpc) is 2.26. The number of aliphatic hydroxyl groups excluding tert-OH is 1. The Morgan fingerprint density at radius 2 is 2.55 bits per heavy atom. The van der Waals surface area contributed by atoms with Crippen molar-refractivity contribution in [3.05, 3.63) is 12.1 Å². The van der Waals surface area contributed by atoms with Crippen molar-refractivity contribution < 1.29 is 14.6 Å². The molecule has 0 aromatic heterocycles. The van der Waals surface area contributed by atoms with Crippen molar-refractivity contribution in [1.29, 1.82) is 0 Å². The Bertz CT molecular complexity index is 165. The highest BCUT2D eigenvalue weighted by Crippen LogP contribution is 2.15. The van der Waals surface area contributed by atoms with Crippen LogP contribution in [0.25, 0.3) is 0 Å². The average molecular weight is 159 g/mol. The lowest BCUT2D eigenvalue weighted by Gasteiger charge is -2.12. The molecule has 64 valence electrons. The summed E-state index contributed by atoms with van der Waals surface area (Å²) in [5, 5.41) is 11.4. The van der Waals surface area contributed by atoms with E-state index in [0.717, 1.165) is 0 Å². The molecule has 2 N–H and O–H groups in total. The molecular weight excluding hydrogens is 146 g/mol. The third kappa shape index (κ3) is 2.31. The smallest absolute Gasteiger partial charge is 0.223 e. The van der Waals surface area contributed by atoms with Gasteiger partial charge in [-0.3, -0.25) is 0 Å². The van der Waals surface area contributed by atoms with Crippen molar-refractivity contribution >= 4 is 0 Å². The number of aliphatic hydroxyl groups is 1. The predicted octanol–water partition coefficient (Wildman–Crippen LogP) is 0.150. The molecule has 1 saturated heterocycles. The second kappa shape index (κ2) is 3.00. The number of nitrogens with one attached hydrogen (secondary N) is 1. The summed E-state index contributed by atoms with van der Waals surface area (Å²) in [5.41, 5.74) is -0.0371. The topological polar surface area (TPSA) is 50.7 Å². The van der Waals surface area contributed by atoms with Gasteiger partial charge in [0.1, 0.15) is 12.9 Å². The minimum absolute atomic E-state index is 0.0371. The molecule has 1 fully saturated rings. The summed E-state index contributed by atoms with van der Waals surface area (Å²) in [6.07, 6.45) is 1.37. The van der Waals surface area contributed by atoms with Gasteiger partial charge in [0.2, 0.25) is 5.88 Å². The molecule has 1 aliphatic heterocycles. The Labute approximate surface area is 65.8 Å². The van der Waals surface area contributed by atoms with Crippen LogP contribution in [0.15, 0.2) is 12.1 Å². The zero-order valence-corrected chi connectivity index (χ0v) is 6.76. The summed E-state index contributed by atoms with van der Waals surface area (Å²) in [6.45, 7) is 4.34. The fraction of sp³-hybridized carbons (Fsp3) is 0.714. The number of ether oxygens (including phenoxy) is 2. The quantitative estimate of drug-likeness (QED) is 0.445. The van der Waals surface area contributed by atoms with Crippen LogP contribution in [0.2, 0.25) is 0 Å². The molecule has 0 aromatic carbocycles. The van der Waals surface area contributed by atoms with Crippen LogP contribution in [0.1, 0.15) is 13.8 Å². The lowest BCUT2D eigenvalue weighted by molar-refractivity contribution is 0.0531. The van der Waals surface area contributed by atoms with Gasteiger partial charge in [0, 0.05) is 0 Å². The second-order valence-electron chi connectivity index (χ2n) is 3.08. The van der Waals surface area contributed by atoms with Crippen LogP contribution in [0.3, 0.4) is 0 Å². The number of rotatable bonds is 2. The first-order valence-electron chi connectivity index (χ1n) is 3.48. The van der Waals surface area contributed by atoms with Gasteiger partial charge in [-0.05, 0) is 13.8 Å². The van der Waals surface area contributed by atoms with Crippen LogP contribution >= 0.6 is 0 Å². The summed E-state index contributed by atoms with van der Waals surface area (Å²) < 4.78 is 9.80. The minimum atomic E-state index is -0.324. The first-order chi connectivity index (χ1) is 5.14. The SMILES string of the molecule is CC1(C)COC(=COCO)N1. The highest BCUT2D eigenvalue weighted by Gasteiger charge is 2.27. The number of hydrogen-bond donors (Lipinski definition) is 2. The van der Waals surface area contributed by atoms with Crippen LogP contribution in [-0.4, -0.2) is 24.0 Å². The van der Waals surface area contributed by atoms with E-state index in [2.05, 4.69) is 10.1 Å². The third-order valence-electron chi connectivity index (χ3n) is 1.32. The zero-order chi connectivity index (χ0) is 8.32. The van der Waals surface area contributed by atoms with E-state index in [1.165, 1.54) is 6.26 Å². The molecule has 0 bridgehead atoms. The Kier molecular flexibility index (Phi) is 2.24. The highest BCUT2D eigenvalue weighted by molar-refractivity contribution is 4.99. The lowest BCUT2D eigenvalue weighted by atomic mass is 10.1. The maximum absolute atomic E-state index is 8.31. The van der Waals surface area contributed by atoms with E-state index in [1.807, 2.05) is 13.8 Å². The molecule has 0 unspecified atom stereocenters. The van der Waals surface area contributed by atoms with Crippen molar-refractivity contribution in [1.82, 2.24) is 5.32 Å². The normalized spacial score (nSPS) is 24.5. The molecular formula is C7H13NO3. The van der Waals surface area contributed by atoms with Crippen molar-refractivity contribution in [3.8, 4) is 0 Å². The molecule has 0 amide bonds. The highest BCUT2D eigenvalue weighted by atomic mass is 16.6. The Morgan fingerprint density at radius 3 is 3.00 bits per heavy atom. The van der Waals surface area contributed by atoms with Gasteiger partial charge in [-0.25, -0.2) is 0 Å². The molecule has 0 spiro atoms. The van der Waals surface area contributed by atoms with Crippen molar-refractivity contribution in [2.45, 2.75) is 19.4 Å². The summed E-state index contributed by atoms with van der Waals surface area (Å²) >= 11 is 0. The van der Waals surface area contributed by atoms with Crippen LogP contribution < -0.4 is 5.32 Å². The molecule has 4 heteroatoms. The molecule has 0 aromatic rings. The Balaban J connectivity index is 2.41. The van der Waals surface area contributed by atoms with Gasteiger partial charge < -0.3 is 19.9 Å². The van der Waals surface area contributed by atoms with Gasteiger partial charge in [-0.1, -0.05) is 0 Å². The van der Waals surface area contributed by atoms with Crippen LogP contribution in [0.5, 0.6) is 0 Å². The molecule has 0 radical (unpaired) electrons. The molecule has 1 aliphatic rings. The Hall–Kier alpha value is -0.900. The first-order valence-corrected chi connectivity index (χ1v) is 3.48. The second-order valence-corrected chi connectivity index (χ2v) is 3.08. The zero-order valence-electron chi connectivity index (χ0n) is 6.76. The van der Waals surface area contributed by atoms with Crippen molar-refractivity contribution in [2.24, 2.45) is 0 Å². The molecule has 1 heterocycles. The molecule has 0 atom stereocenters. The van der Waals surface area contributed by atoms with Crippen molar-refractivity contribution in [3.63, 3.8) is 0 Å². The maximum Gasteiger partial charge on any atom is 0.223 e. The first kappa shape index (κ1) is 8.20. The fourth-order valence-corrected chi connectivity index (χ4v) is 0.840. The van der Waals surface area contributed by atoms with E-state index in [1.54, 1.807) is 0 Å². The van der Waals surface area contributed by atoms with Gasteiger partial charge in [0.25, 0.3) is 0 Å². The molecule has 1 rings (SSSR count). The maximum atomic E-state index is 8.31. The van der Waals surface area contributed by atoms with Gasteiger partial charge in [-0.2, -0.15) is 0 Å². The van der Waals surface area contributed by atoms with Crippen LogP contribution in [-0.2, 0) is 9.47 Å². The third-order valence-corrected chi connectivity index (χ3v) is 1.32. The van der Waals surface area contributed by atoms with E-state index in [-0.39, 0.29) is 12.3 Å². The van der Waals surface area contributed by atoms with Crippen molar-refractivity contribution in [2.75, 3.05) is 13.4 Å². The van der Waals surface area contributed by atoms with Gasteiger partial charge >= 0.3 is 0 Å². The minimum Gasteiger partial charge on any atom is -0.475 e. The summed E-state index contributed by atoms with van der Waals surface area (Å²) in [4.78, 5) is 0. The number of hydrogen-bond acceptors (Lipinski definition) is 4. The van der Waals surface area contributed by atoms with E-state index in [0.29, 0.717) is 12.5 Å². The van der Waals surface area contributed by atoms with Crippen LogP contribution in [0, 0.1) is 0 Å². The van der Waals surface area contributed by atoms with E-state index < -0.39 is 0 Å². The molecule has 4 nitrogen and oxygen atoms in total. The predicted molar refractivity (Wildman–Crippen MR) is 39.4 cm³/mol. The van der Waals surface area contributed by atoms with Crippen LogP contribution in [0.4, 0.5) is 0 Å². The van der Waals surface area contributed by atoms with E-state index >= 15 is 0 Å². The molecule has 11 heavy (non-hydrogen) atoms. The monoisotopic (exact) mass is 159 g/mol. The fourth-order valence-electron chi connectivity index (χ4n) is 0.840. The summed E-state index contributed by atoms with van der Waals surface area (Å²) in [6, 6.07) is 0. The van der Waals surface area contributed by atoms with E-state index in [4.69, 9.17) is 9.84 Å². The van der Waals surface area contributed by atoms with Gasteiger partial charge in [0.05, 0.1) is 5.54 Å². The molecule has 0 saturated carbocycles. The van der Waals surface area contributed by atoms with E-state index in [9.17, 15) is 0 Å². The largest absolute Gasteiger partial charge is 0.475 e. The lowest BCUT2D eigenvalue weighted by Crippen LogP contribution is -2.33. The molecule has 0 aliphatic carbocycles. The summed E-state index contributed by atoms with van der Waals surface area (Å²) in [5.74, 6) is 0.573. The van der Waals surface area contributed by atoms with Gasteiger partial charge in [0.15, 0.2) is 6.79 Å². The standard InChI is InChI=1S/C7H13NO3/c1-7(2)4-11-6(8-7)3-10-5-9/h3,8-9H,4-5H2,1-2H3. The Morgan fingerprint density at radius 1 is 1.82 bits per heavy atom. The summed E-state index contributed by atoms with van der Waals surface area (Å²) in [7, 11) is 0.